The molecule has 1 aromatic carbocycles. The normalized spacial score (nSPS) is 24.4. The summed E-state index contributed by atoms with van der Waals surface area (Å²) in [5, 5.41) is 0. The fraction of sp³-hybridized carbons (Fsp3) is 0.600. The maximum Gasteiger partial charge on any atom is 0.162 e. The summed E-state index contributed by atoms with van der Waals surface area (Å²) in [5.41, 5.74) is 1.27. The van der Waals surface area contributed by atoms with Gasteiger partial charge in [-0.3, -0.25) is 9.80 Å². The lowest BCUT2D eigenvalue weighted by molar-refractivity contribution is 0.0540. The summed E-state index contributed by atoms with van der Waals surface area (Å²) in [5.74, 6) is 4.02. The Labute approximate surface area is 145 Å². The number of fused-ring (bicyclic) bond motifs is 1. The lowest BCUT2D eigenvalue weighted by Gasteiger charge is -2.42. The highest BCUT2D eigenvalue weighted by Crippen LogP contribution is 2.30. The standard InChI is InChI=1S/C20H28N2O2/c1-4-11-24-19-9-8-17(12-20(19)23-5-2)14-22-15-18-7-6-10-21(18)13-16(22)3/h1,8-9,12,16,18H,5-7,10-11,13-15H2,2-3H3/t16-,18?/m1/s1. The van der Waals surface area contributed by atoms with Crippen LogP contribution in [-0.4, -0.2) is 54.7 Å². The third-order valence-corrected chi connectivity index (χ3v) is 5.07. The molecular weight excluding hydrogens is 300 g/mol. The molecule has 3 rings (SSSR count). The molecule has 0 bridgehead atoms. The summed E-state index contributed by atoms with van der Waals surface area (Å²) in [7, 11) is 0. The van der Waals surface area contributed by atoms with E-state index in [0.29, 0.717) is 12.6 Å². The third-order valence-electron chi connectivity index (χ3n) is 5.07. The van der Waals surface area contributed by atoms with Gasteiger partial charge in [0.1, 0.15) is 6.61 Å². The van der Waals surface area contributed by atoms with Gasteiger partial charge in [0.25, 0.3) is 0 Å². The van der Waals surface area contributed by atoms with Gasteiger partial charge in [-0.1, -0.05) is 12.0 Å². The van der Waals surface area contributed by atoms with Crippen molar-refractivity contribution >= 4 is 0 Å². The maximum absolute atomic E-state index is 5.74. The van der Waals surface area contributed by atoms with E-state index in [9.17, 15) is 0 Å². The van der Waals surface area contributed by atoms with Crippen LogP contribution in [0.5, 0.6) is 11.5 Å². The second-order valence-corrected chi connectivity index (χ2v) is 6.78. The smallest absolute Gasteiger partial charge is 0.162 e. The summed E-state index contributed by atoms with van der Waals surface area (Å²) < 4.78 is 11.3. The number of piperazine rings is 1. The summed E-state index contributed by atoms with van der Waals surface area (Å²) in [4.78, 5) is 5.25. The van der Waals surface area contributed by atoms with Crippen LogP contribution in [-0.2, 0) is 6.54 Å². The van der Waals surface area contributed by atoms with E-state index in [1.165, 1.54) is 38.0 Å². The van der Waals surface area contributed by atoms with Crippen molar-refractivity contribution < 1.29 is 9.47 Å². The first kappa shape index (κ1) is 17.1. The first-order valence-electron chi connectivity index (χ1n) is 9.01. The summed E-state index contributed by atoms with van der Waals surface area (Å²) in [6.45, 7) is 9.79. The van der Waals surface area contributed by atoms with Crippen molar-refractivity contribution in [2.75, 3.05) is 32.8 Å². The van der Waals surface area contributed by atoms with Crippen LogP contribution >= 0.6 is 0 Å². The van der Waals surface area contributed by atoms with E-state index in [0.717, 1.165) is 24.1 Å². The van der Waals surface area contributed by atoms with Gasteiger partial charge >= 0.3 is 0 Å². The number of terminal acetylenes is 1. The van der Waals surface area contributed by atoms with Crippen LogP contribution in [0.25, 0.3) is 0 Å². The van der Waals surface area contributed by atoms with Crippen molar-refractivity contribution in [2.24, 2.45) is 0 Å². The highest BCUT2D eigenvalue weighted by atomic mass is 16.5. The van der Waals surface area contributed by atoms with Crippen molar-refractivity contribution in [2.45, 2.75) is 45.3 Å². The molecule has 130 valence electrons. The van der Waals surface area contributed by atoms with Crippen LogP contribution in [0, 0.1) is 12.3 Å². The minimum absolute atomic E-state index is 0.264. The number of benzene rings is 1. The van der Waals surface area contributed by atoms with Gasteiger partial charge in [-0.2, -0.15) is 0 Å². The number of hydrogen-bond acceptors (Lipinski definition) is 4. The molecule has 2 fully saturated rings. The Morgan fingerprint density at radius 1 is 1.25 bits per heavy atom. The molecule has 0 aromatic heterocycles. The van der Waals surface area contributed by atoms with E-state index in [-0.39, 0.29) is 6.61 Å². The van der Waals surface area contributed by atoms with E-state index in [2.05, 4.69) is 34.8 Å². The minimum atomic E-state index is 0.264. The zero-order chi connectivity index (χ0) is 16.9. The Morgan fingerprint density at radius 3 is 2.92 bits per heavy atom. The molecule has 0 spiro atoms. The van der Waals surface area contributed by atoms with E-state index < -0.39 is 0 Å². The van der Waals surface area contributed by atoms with Gasteiger partial charge in [-0.25, -0.2) is 0 Å². The first-order chi connectivity index (χ1) is 11.7. The number of rotatable bonds is 6. The topological polar surface area (TPSA) is 24.9 Å². The molecule has 4 nitrogen and oxygen atoms in total. The van der Waals surface area contributed by atoms with Gasteiger partial charge in [0.2, 0.25) is 0 Å². The Kier molecular flexibility index (Phi) is 5.65. The highest BCUT2D eigenvalue weighted by Gasteiger charge is 2.34. The van der Waals surface area contributed by atoms with Crippen molar-refractivity contribution in [1.29, 1.82) is 0 Å². The molecule has 2 aliphatic rings. The van der Waals surface area contributed by atoms with Crippen LogP contribution in [0.2, 0.25) is 0 Å². The lowest BCUT2D eigenvalue weighted by Crippen LogP contribution is -2.54. The molecule has 2 heterocycles. The first-order valence-corrected chi connectivity index (χ1v) is 9.01. The van der Waals surface area contributed by atoms with Crippen molar-refractivity contribution in [3.63, 3.8) is 0 Å². The second kappa shape index (κ2) is 7.92. The fourth-order valence-corrected chi connectivity index (χ4v) is 3.86. The summed E-state index contributed by atoms with van der Waals surface area (Å²) in [6, 6.07) is 7.54. The molecule has 24 heavy (non-hydrogen) atoms. The van der Waals surface area contributed by atoms with Crippen molar-refractivity contribution in [3.05, 3.63) is 23.8 Å². The number of nitrogens with zero attached hydrogens (tertiary/aromatic N) is 2. The SMILES string of the molecule is C#CCOc1ccc(CN2CC3CCCN3C[C@H]2C)cc1OCC. The molecule has 2 atom stereocenters. The zero-order valence-electron chi connectivity index (χ0n) is 14.8. The Morgan fingerprint density at radius 2 is 2.12 bits per heavy atom. The van der Waals surface area contributed by atoms with Gasteiger partial charge in [0.15, 0.2) is 11.5 Å². The van der Waals surface area contributed by atoms with Crippen LogP contribution in [0.15, 0.2) is 18.2 Å². The Hall–Kier alpha value is -1.70. The summed E-state index contributed by atoms with van der Waals surface area (Å²) >= 11 is 0. The largest absolute Gasteiger partial charge is 0.490 e. The van der Waals surface area contributed by atoms with Gasteiger partial charge in [0.05, 0.1) is 6.61 Å². The van der Waals surface area contributed by atoms with Crippen LogP contribution < -0.4 is 9.47 Å². The third kappa shape index (κ3) is 3.85. The predicted octanol–water partition coefficient (Wildman–Crippen LogP) is 2.77. The van der Waals surface area contributed by atoms with Crippen molar-refractivity contribution in [3.8, 4) is 23.8 Å². The quantitative estimate of drug-likeness (QED) is 0.750. The molecule has 0 N–H and O–H groups in total. The van der Waals surface area contributed by atoms with Crippen LogP contribution in [0.3, 0.4) is 0 Å². The molecule has 0 saturated carbocycles. The van der Waals surface area contributed by atoms with E-state index in [4.69, 9.17) is 15.9 Å². The molecular formula is C20H28N2O2. The molecule has 1 aromatic rings. The Balaban J connectivity index is 1.70. The fourth-order valence-electron chi connectivity index (χ4n) is 3.86. The maximum atomic E-state index is 5.74. The average Bonchev–Trinajstić information content (AvgIpc) is 3.02. The van der Waals surface area contributed by atoms with Gasteiger partial charge in [0, 0.05) is 31.7 Å². The Bertz CT molecular complexity index is 596. The molecule has 0 aliphatic carbocycles. The average molecular weight is 328 g/mol. The van der Waals surface area contributed by atoms with Crippen LogP contribution in [0.1, 0.15) is 32.3 Å². The molecule has 0 radical (unpaired) electrons. The van der Waals surface area contributed by atoms with E-state index in [1.807, 2.05) is 13.0 Å². The van der Waals surface area contributed by atoms with Crippen LogP contribution in [0.4, 0.5) is 0 Å². The predicted molar refractivity (Wildman–Crippen MR) is 96.4 cm³/mol. The monoisotopic (exact) mass is 328 g/mol. The van der Waals surface area contributed by atoms with E-state index in [1.54, 1.807) is 0 Å². The minimum Gasteiger partial charge on any atom is -0.490 e. The molecule has 2 aliphatic heterocycles. The number of ether oxygens (including phenoxy) is 2. The molecule has 1 unspecified atom stereocenters. The van der Waals surface area contributed by atoms with Crippen molar-refractivity contribution in [1.82, 2.24) is 9.80 Å². The second-order valence-electron chi connectivity index (χ2n) is 6.78. The summed E-state index contributed by atoms with van der Waals surface area (Å²) in [6.07, 6.45) is 7.97. The van der Waals surface area contributed by atoms with Gasteiger partial charge < -0.3 is 9.47 Å². The molecule has 2 saturated heterocycles. The highest BCUT2D eigenvalue weighted by molar-refractivity contribution is 5.43. The molecule has 4 heteroatoms. The zero-order valence-corrected chi connectivity index (χ0v) is 14.8. The number of hydrogen-bond donors (Lipinski definition) is 0. The van der Waals surface area contributed by atoms with Gasteiger partial charge in [-0.05, 0) is 50.9 Å². The van der Waals surface area contributed by atoms with Gasteiger partial charge in [-0.15, -0.1) is 6.42 Å². The molecule has 0 amide bonds. The lowest BCUT2D eigenvalue weighted by atomic mass is 10.1. The van der Waals surface area contributed by atoms with E-state index >= 15 is 0 Å².